The summed E-state index contributed by atoms with van der Waals surface area (Å²) in [6, 6.07) is 9.99. The molecule has 2 aliphatic rings. The third kappa shape index (κ3) is 5.23. The molecule has 5 heteroatoms. The van der Waals surface area contributed by atoms with Crippen LogP contribution in [0.3, 0.4) is 0 Å². The molecule has 0 spiro atoms. The lowest BCUT2D eigenvalue weighted by molar-refractivity contribution is 0.151. The number of hydrogen-bond donors (Lipinski definition) is 3. The van der Waals surface area contributed by atoms with E-state index < -0.39 is 0 Å². The molecule has 3 N–H and O–H groups in total. The number of piperidine rings is 1. The summed E-state index contributed by atoms with van der Waals surface area (Å²) in [5.74, 6) is 0.226. The first-order chi connectivity index (χ1) is 14.7. The molecular formula is C26H32N4O. The van der Waals surface area contributed by atoms with Crippen molar-refractivity contribution in [1.29, 1.82) is 0 Å². The summed E-state index contributed by atoms with van der Waals surface area (Å²) in [4.78, 5) is 8.75. The first kappa shape index (κ1) is 21.3. The molecule has 1 aromatic carbocycles. The molecule has 0 bridgehead atoms. The summed E-state index contributed by atoms with van der Waals surface area (Å²) in [6.45, 7) is 9.05. The fourth-order valence-corrected chi connectivity index (χ4v) is 4.95. The van der Waals surface area contributed by atoms with Crippen LogP contribution in [0.1, 0.15) is 52.5 Å². The number of phenols is 1. The minimum atomic E-state index is 0.0946. The fraction of sp³-hybridized carbons (Fsp3) is 0.385. The van der Waals surface area contributed by atoms with Crippen LogP contribution in [0, 0.1) is 0 Å². The second-order valence-electron chi connectivity index (χ2n) is 9.89. The third-order valence-corrected chi connectivity index (χ3v) is 5.84. The van der Waals surface area contributed by atoms with Crippen molar-refractivity contribution in [2.75, 3.05) is 0 Å². The van der Waals surface area contributed by atoms with E-state index in [0.29, 0.717) is 6.04 Å². The van der Waals surface area contributed by atoms with Crippen LogP contribution in [-0.4, -0.2) is 32.9 Å². The predicted octanol–water partition coefficient (Wildman–Crippen LogP) is 4.94. The van der Waals surface area contributed by atoms with Crippen molar-refractivity contribution in [3.63, 3.8) is 0 Å². The molecule has 0 amide bonds. The molecule has 0 unspecified atom stereocenters. The second kappa shape index (κ2) is 8.31. The van der Waals surface area contributed by atoms with Crippen molar-refractivity contribution in [2.45, 2.75) is 64.1 Å². The Morgan fingerprint density at radius 1 is 1.00 bits per heavy atom. The lowest BCUT2D eigenvalue weighted by Gasteiger charge is -2.47. The summed E-state index contributed by atoms with van der Waals surface area (Å²) in [5, 5.41) is 18.1. The molecule has 0 saturated carbocycles. The molecule has 3 heterocycles. The zero-order valence-electron chi connectivity index (χ0n) is 18.8. The van der Waals surface area contributed by atoms with Gasteiger partial charge >= 0.3 is 0 Å². The molecule has 162 valence electrons. The third-order valence-electron chi connectivity index (χ3n) is 5.84. The number of aromatic nitrogens is 1. The van der Waals surface area contributed by atoms with Gasteiger partial charge in [-0.3, -0.25) is 9.98 Å². The molecule has 2 aliphatic heterocycles. The molecule has 1 aromatic heterocycles. The molecular weight excluding hydrogens is 384 g/mol. The van der Waals surface area contributed by atoms with Crippen LogP contribution in [0.4, 0.5) is 0 Å². The molecule has 1 saturated heterocycles. The average molecular weight is 417 g/mol. The molecule has 31 heavy (non-hydrogen) atoms. The highest BCUT2D eigenvalue weighted by molar-refractivity contribution is 6.11. The lowest BCUT2D eigenvalue weighted by atomic mass is 9.79. The predicted molar refractivity (Wildman–Crippen MR) is 127 cm³/mol. The Morgan fingerprint density at radius 3 is 2.39 bits per heavy atom. The first-order valence-electron chi connectivity index (χ1n) is 10.9. The quantitative estimate of drug-likeness (QED) is 0.660. The van der Waals surface area contributed by atoms with Gasteiger partial charge in [0, 0.05) is 53.4 Å². The highest BCUT2D eigenvalue weighted by Gasteiger charge is 2.37. The van der Waals surface area contributed by atoms with Crippen LogP contribution in [0.2, 0.25) is 0 Å². The van der Waals surface area contributed by atoms with Crippen molar-refractivity contribution < 1.29 is 5.11 Å². The van der Waals surface area contributed by atoms with Crippen molar-refractivity contribution in [3.8, 4) is 16.9 Å². The first-order valence-corrected chi connectivity index (χ1v) is 10.9. The van der Waals surface area contributed by atoms with E-state index in [-0.39, 0.29) is 16.8 Å². The van der Waals surface area contributed by atoms with Crippen LogP contribution in [-0.2, 0) is 0 Å². The summed E-state index contributed by atoms with van der Waals surface area (Å²) in [7, 11) is 0. The highest BCUT2D eigenvalue weighted by Crippen LogP contribution is 2.30. The van der Waals surface area contributed by atoms with Crippen molar-refractivity contribution in [1.82, 2.24) is 15.6 Å². The summed E-state index contributed by atoms with van der Waals surface area (Å²) < 4.78 is 0. The second-order valence-corrected chi connectivity index (χ2v) is 9.89. The SMILES string of the molecule is CC1(C)CC(NC2=CN=C(c3ccc(-c4ccncc4)cc3O)C=CC2)CC(C)(C)N1. The summed E-state index contributed by atoms with van der Waals surface area (Å²) in [6.07, 6.45) is 12.4. The standard InChI is InChI=1S/C26H32N4O/c1-25(2)15-21(16-26(3,4)30-25)29-20-6-5-7-23(28-17-20)22-9-8-19(14-24(22)31)18-10-12-27-13-11-18/h5,7-14,17,21,29-31H,6,15-16H2,1-4H3. The largest absolute Gasteiger partial charge is 0.507 e. The van der Waals surface area contributed by atoms with Gasteiger partial charge in [0.05, 0.1) is 5.71 Å². The molecule has 0 atom stereocenters. The van der Waals surface area contributed by atoms with E-state index in [4.69, 9.17) is 4.99 Å². The van der Waals surface area contributed by atoms with Crippen molar-refractivity contribution >= 4 is 5.71 Å². The molecule has 4 rings (SSSR count). The van der Waals surface area contributed by atoms with E-state index in [2.05, 4.69) is 49.4 Å². The number of aromatic hydroxyl groups is 1. The van der Waals surface area contributed by atoms with Gasteiger partial charge in [0.25, 0.3) is 0 Å². The Morgan fingerprint density at radius 2 is 1.71 bits per heavy atom. The Bertz CT molecular complexity index is 1020. The lowest BCUT2D eigenvalue weighted by Crippen LogP contribution is -2.61. The van der Waals surface area contributed by atoms with Gasteiger partial charge in [0.2, 0.25) is 0 Å². The van der Waals surface area contributed by atoms with Gasteiger partial charge in [-0.1, -0.05) is 12.1 Å². The number of pyridine rings is 1. The topological polar surface area (TPSA) is 69.5 Å². The van der Waals surface area contributed by atoms with E-state index in [9.17, 15) is 5.11 Å². The molecule has 1 fully saturated rings. The number of nitrogens with one attached hydrogen (secondary N) is 2. The fourth-order valence-electron chi connectivity index (χ4n) is 4.95. The van der Waals surface area contributed by atoms with Gasteiger partial charge in [-0.2, -0.15) is 0 Å². The Balaban J connectivity index is 1.52. The maximum Gasteiger partial charge on any atom is 0.125 e. The molecule has 0 aliphatic carbocycles. The van der Waals surface area contributed by atoms with Crippen LogP contribution in [0.5, 0.6) is 5.75 Å². The number of phenolic OH excluding ortho intramolecular Hbond substituents is 1. The number of rotatable bonds is 4. The van der Waals surface area contributed by atoms with Gasteiger partial charge in [-0.25, -0.2) is 0 Å². The smallest absolute Gasteiger partial charge is 0.125 e. The number of aliphatic imine (C=N–C) groups is 1. The monoisotopic (exact) mass is 416 g/mol. The summed E-state index contributed by atoms with van der Waals surface area (Å²) in [5.41, 5.74) is 4.77. The van der Waals surface area contributed by atoms with Crippen LogP contribution < -0.4 is 10.6 Å². The van der Waals surface area contributed by atoms with Crippen molar-refractivity contribution in [3.05, 3.63) is 72.3 Å². The van der Waals surface area contributed by atoms with Crippen LogP contribution in [0.25, 0.3) is 11.1 Å². The number of nitrogens with zero attached hydrogens (tertiary/aromatic N) is 2. The number of benzene rings is 1. The van der Waals surface area contributed by atoms with Gasteiger partial charge < -0.3 is 15.7 Å². The van der Waals surface area contributed by atoms with E-state index in [1.807, 2.05) is 36.5 Å². The minimum absolute atomic E-state index is 0.0946. The van der Waals surface area contributed by atoms with Gasteiger partial charge in [-0.15, -0.1) is 0 Å². The van der Waals surface area contributed by atoms with Gasteiger partial charge in [0.15, 0.2) is 0 Å². The number of hydrogen-bond acceptors (Lipinski definition) is 5. The highest BCUT2D eigenvalue weighted by atomic mass is 16.3. The number of allylic oxidation sites excluding steroid dienone is 2. The summed E-state index contributed by atoms with van der Waals surface area (Å²) >= 11 is 0. The molecule has 0 radical (unpaired) electrons. The molecule has 2 aromatic rings. The Labute approximate surface area is 185 Å². The zero-order valence-corrected chi connectivity index (χ0v) is 18.8. The van der Waals surface area contributed by atoms with Crippen molar-refractivity contribution in [2.24, 2.45) is 4.99 Å². The van der Waals surface area contributed by atoms with Crippen LogP contribution >= 0.6 is 0 Å². The van der Waals surface area contributed by atoms with Gasteiger partial charge in [0.1, 0.15) is 5.75 Å². The normalized spacial score (nSPS) is 20.5. The minimum Gasteiger partial charge on any atom is -0.507 e. The van der Waals surface area contributed by atoms with E-state index in [1.165, 1.54) is 0 Å². The van der Waals surface area contributed by atoms with E-state index in [0.717, 1.165) is 47.4 Å². The Kier molecular flexibility index (Phi) is 5.71. The van der Waals surface area contributed by atoms with Gasteiger partial charge in [-0.05, 0) is 82.0 Å². The molecule has 5 nitrogen and oxygen atoms in total. The maximum atomic E-state index is 10.7. The Hall–Kier alpha value is -2.92. The average Bonchev–Trinajstić information content (AvgIpc) is 2.91. The maximum absolute atomic E-state index is 10.7. The zero-order chi connectivity index (χ0) is 22.1. The van der Waals surface area contributed by atoms with Crippen LogP contribution in [0.15, 0.2) is 71.8 Å². The van der Waals surface area contributed by atoms with E-state index >= 15 is 0 Å². The van der Waals surface area contributed by atoms with E-state index in [1.54, 1.807) is 18.5 Å².